The second kappa shape index (κ2) is 6.21. The lowest BCUT2D eigenvalue weighted by Crippen LogP contribution is -2.12. The van der Waals surface area contributed by atoms with E-state index < -0.39 is 5.82 Å². The molecule has 0 aliphatic rings. The van der Waals surface area contributed by atoms with Gasteiger partial charge < -0.3 is 9.47 Å². The summed E-state index contributed by atoms with van der Waals surface area (Å²) in [6, 6.07) is 9.54. The van der Waals surface area contributed by atoms with Crippen molar-refractivity contribution in [2.24, 2.45) is 0 Å². The number of nitrogens with one attached hydrogen (secondary N) is 1. The highest BCUT2D eigenvalue weighted by molar-refractivity contribution is 7.22. The third-order valence-electron chi connectivity index (χ3n) is 3.20. The van der Waals surface area contributed by atoms with Crippen molar-refractivity contribution in [1.29, 1.82) is 0 Å². The number of fused-ring (bicyclic) bond motifs is 1. The Kier molecular flexibility index (Phi) is 4.12. The number of halogens is 1. The highest BCUT2D eigenvalue weighted by Gasteiger charge is 2.14. The van der Waals surface area contributed by atoms with Gasteiger partial charge in [0, 0.05) is 11.6 Å². The van der Waals surface area contributed by atoms with E-state index in [0.29, 0.717) is 26.9 Å². The van der Waals surface area contributed by atoms with Crippen molar-refractivity contribution in [1.82, 2.24) is 4.98 Å². The number of methoxy groups -OCH3 is 2. The van der Waals surface area contributed by atoms with E-state index in [1.165, 1.54) is 31.6 Å². The fourth-order valence-electron chi connectivity index (χ4n) is 2.08. The van der Waals surface area contributed by atoms with E-state index in [2.05, 4.69) is 10.3 Å². The summed E-state index contributed by atoms with van der Waals surface area (Å²) in [7, 11) is 3.01. The molecule has 1 N–H and O–H groups in total. The van der Waals surface area contributed by atoms with Gasteiger partial charge in [-0.05, 0) is 24.3 Å². The molecule has 1 aromatic heterocycles. The Bertz CT molecular complexity index is 857. The van der Waals surface area contributed by atoms with Crippen LogP contribution >= 0.6 is 11.3 Å². The van der Waals surface area contributed by atoms with Crippen molar-refractivity contribution in [2.45, 2.75) is 0 Å². The first kappa shape index (κ1) is 15.2. The summed E-state index contributed by atoms with van der Waals surface area (Å²) in [5, 5.41) is 3.00. The number of carbonyl (C=O) groups is 1. The molecule has 23 heavy (non-hydrogen) atoms. The number of thiazole rings is 1. The lowest BCUT2D eigenvalue weighted by molar-refractivity contribution is 0.102. The van der Waals surface area contributed by atoms with Crippen LogP contribution in [0.2, 0.25) is 0 Å². The number of nitrogens with zero attached hydrogens (tertiary/aromatic N) is 1. The van der Waals surface area contributed by atoms with Gasteiger partial charge in [-0.25, -0.2) is 9.37 Å². The molecule has 0 radical (unpaired) electrons. The second-order valence-electron chi connectivity index (χ2n) is 4.66. The highest BCUT2D eigenvalue weighted by atomic mass is 32.1. The van der Waals surface area contributed by atoms with E-state index in [-0.39, 0.29) is 11.4 Å². The van der Waals surface area contributed by atoms with Gasteiger partial charge in [-0.1, -0.05) is 17.4 Å². The minimum Gasteiger partial charge on any atom is -0.497 e. The molecule has 0 saturated heterocycles. The SMILES string of the molecule is COc1cc(OC)cc(C(=O)Nc2nc3c(F)cccc3s2)c1. The first-order valence-electron chi connectivity index (χ1n) is 6.70. The first-order chi connectivity index (χ1) is 11.1. The largest absolute Gasteiger partial charge is 0.497 e. The number of ether oxygens (including phenoxy) is 2. The number of rotatable bonds is 4. The molecule has 0 aliphatic heterocycles. The Labute approximate surface area is 135 Å². The third-order valence-corrected chi connectivity index (χ3v) is 4.14. The molecule has 7 heteroatoms. The van der Waals surface area contributed by atoms with Gasteiger partial charge in [0.15, 0.2) is 5.13 Å². The smallest absolute Gasteiger partial charge is 0.257 e. The highest BCUT2D eigenvalue weighted by Crippen LogP contribution is 2.28. The van der Waals surface area contributed by atoms with Crippen LogP contribution < -0.4 is 14.8 Å². The molecule has 0 aliphatic carbocycles. The van der Waals surface area contributed by atoms with Crippen LogP contribution in [-0.2, 0) is 0 Å². The minimum absolute atomic E-state index is 0.246. The van der Waals surface area contributed by atoms with Crippen molar-refractivity contribution in [3.63, 3.8) is 0 Å². The zero-order chi connectivity index (χ0) is 16.4. The van der Waals surface area contributed by atoms with Gasteiger partial charge in [0.25, 0.3) is 5.91 Å². The van der Waals surface area contributed by atoms with Crippen LogP contribution in [0.3, 0.4) is 0 Å². The van der Waals surface area contributed by atoms with E-state index >= 15 is 0 Å². The molecule has 1 amide bonds. The zero-order valence-corrected chi connectivity index (χ0v) is 13.2. The summed E-state index contributed by atoms with van der Waals surface area (Å²) in [6.45, 7) is 0. The lowest BCUT2D eigenvalue weighted by Gasteiger charge is -2.07. The summed E-state index contributed by atoms with van der Waals surface area (Å²) in [5.41, 5.74) is 0.608. The summed E-state index contributed by atoms with van der Waals surface area (Å²) in [6.07, 6.45) is 0. The molecule has 0 fully saturated rings. The molecule has 2 aromatic carbocycles. The minimum atomic E-state index is -0.415. The molecular weight excluding hydrogens is 319 g/mol. The number of benzene rings is 2. The van der Waals surface area contributed by atoms with E-state index in [4.69, 9.17) is 9.47 Å². The monoisotopic (exact) mass is 332 g/mol. The van der Waals surface area contributed by atoms with Crippen LogP contribution in [0.5, 0.6) is 11.5 Å². The molecule has 3 rings (SSSR count). The Morgan fingerprint density at radius 3 is 2.48 bits per heavy atom. The van der Waals surface area contributed by atoms with Crippen LogP contribution in [0, 0.1) is 5.82 Å². The molecule has 3 aromatic rings. The molecule has 1 heterocycles. The fourth-order valence-corrected chi connectivity index (χ4v) is 2.95. The maximum atomic E-state index is 13.7. The Morgan fingerprint density at radius 1 is 1.17 bits per heavy atom. The standard InChI is InChI=1S/C16H13FN2O3S/c1-21-10-6-9(7-11(8-10)22-2)15(20)19-16-18-14-12(17)4-3-5-13(14)23-16/h3-8H,1-2H3,(H,18,19,20). The molecule has 0 spiro atoms. The first-order valence-corrected chi connectivity index (χ1v) is 7.52. The molecule has 0 atom stereocenters. The van der Waals surface area contributed by atoms with Gasteiger partial charge in [-0.2, -0.15) is 0 Å². The van der Waals surface area contributed by atoms with E-state index in [1.54, 1.807) is 30.3 Å². The quantitative estimate of drug-likeness (QED) is 0.791. The molecule has 5 nitrogen and oxygen atoms in total. The summed E-state index contributed by atoms with van der Waals surface area (Å²) < 4.78 is 24.6. The van der Waals surface area contributed by atoms with Gasteiger partial charge in [0.2, 0.25) is 0 Å². The number of hydrogen-bond acceptors (Lipinski definition) is 5. The van der Waals surface area contributed by atoms with Crippen molar-refractivity contribution in [3.8, 4) is 11.5 Å². The number of para-hydroxylation sites is 1. The number of aromatic nitrogens is 1. The van der Waals surface area contributed by atoms with Gasteiger partial charge in [-0.3, -0.25) is 10.1 Å². The van der Waals surface area contributed by atoms with Crippen molar-refractivity contribution >= 4 is 32.6 Å². The second-order valence-corrected chi connectivity index (χ2v) is 5.69. The van der Waals surface area contributed by atoms with Crippen LogP contribution in [-0.4, -0.2) is 25.1 Å². The van der Waals surface area contributed by atoms with Gasteiger partial charge in [0.05, 0.1) is 18.9 Å². The normalized spacial score (nSPS) is 10.6. The Hall–Kier alpha value is -2.67. The van der Waals surface area contributed by atoms with Gasteiger partial charge in [0.1, 0.15) is 22.8 Å². The summed E-state index contributed by atoms with van der Waals surface area (Å²) in [4.78, 5) is 16.5. The third kappa shape index (κ3) is 3.09. The number of carbonyl (C=O) groups excluding carboxylic acids is 1. The Balaban J connectivity index is 1.89. The van der Waals surface area contributed by atoms with Crippen LogP contribution in [0.25, 0.3) is 10.2 Å². The van der Waals surface area contributed by atoms with Crippen LogP contribution in [0.15, 0.2) is 36.4 Å². The molecule has 0 bridgehead atoms. The van der Waals surface area contributed by atoms with Crippen molar-refractivity contribution in [2.75, 3.05) is 19.5 Å². The topological polar surface area (TPSA) is 60.5 Å². The molecular formula is C16H13FN2O3S. The van der Waals surface area contributed by atoms with Crippen LogP contribution in [0.4, 0.5) is 9.52 Å². The van der Waals surface area contributed by atoms with E-state index in [9.17, 15) is 9.18 Å². The predicted octanol–water partition coefficient (Wildman–Crippen LogP) is 3.70. The van der Waals surface area contributed by atoms with Gasteiger partial charge in [-0.15, -0.1) is 0 Å². The maximum absolute atomic E-state index is 13.7. The Morgan fingerprint density at radius 2 is 1.87 bits per heavy atom. The number of hydrogen-bond donors (Lipinski definition) is 1. The summed E-state index contributed by atoms with van der Waals surface area (Å²) >= 11 is 1.21. The molecule has 118 valence electrons. The summed E-state index contributed by atoms with van der Waals surface area (Å²) in [5.74, 6) is 0.221. The molecule has 0 unspecified atom stereocenters. The van der Waals surface area contributed by atoms with Crippen LogP contribution in [0.1, 0.15) is 10.4 Å². The van der Waals surface area contributed by atoms with Gasteiger partial charge >= 0.3 is 0 Å². The van der Waals surface area contributed by atoms with E-state index in [0.717, 1.165) is 0 Å². The predicted molar refractivity (Wildman–Crippen MR) is 87.1 cm³/mol. The average molecular weight is 332 g/mol. The van der Waals surface area contributed by atoms with E-state index in [1.807, 2.05) is 0 Å². The lowest BCUT2D eigenvalue weighted by atomic mass is 10.2. The van der Waals surface area contributed by atoms with Crippen molar-refractivity contribution < 1.29 is 18.7 Å². The number of amides is 1. The fraction of sp³-hybridized carbons (Fsp3) is 0.125. The number of anilines is 1. The molecule has 0 saturated carbocycles. The zero-order valence-electron chi connectivity index (χ0n) is 12.4. The van der Waals surface area contributed by atoms with Crippen molar-refractivity contribution in [3.05, 3.63) is 47.8 Å². The maximum Gasteiger partial charge on any atom is 0.257 e. The average Bonchev–Trinajstić information content (AvgIpc) is 2.98.